The molecule has 6 heteroatoms. The molecule has 0 bridgehead atoms. The number of hydrogen-bond donors (Lipinski definition) is 1. The molecule has 0 saturated carbocycles. The molecule has 2 aromatic rings. The SMILES string of the molecule is N#Cc1csc(CNCc2cccc(C(F)(F)F)c2)c1. The molecule has 0 spiro atoms. The molecular formula is C14H11F3N2S. The van der Waals surface area contributed by atoms with E-state index in [4.69, 9.17) is 5.26 Å². The zero-order valence-electron chi connectivity index (χ0n) is 10.4. The first-order valence-electron chi connectivity index (χ1n) is 5.83. The summed E-state index contributed by atoms with van der Waals surface area (Å²) in [5.74, 6) is 0. The molecule has 0 saturated heterocycles. The molecule has 0 aliphatic carbocycles. The van der Waals surface area contributed by atoms with Crippen LogP contribution in [0.1, 0.15) is 21.6 Å². The van der Waals surface area contributed by atoms with Gasteiger partial charge in [-0.15, -0.1) is 11.3 Å². The predicted molar refractivity (Wildman–Crippen MR) is 71.0 cm³/mol. The Hall–Kier alpha value is -1.84. The van der Waals surface area contributed by atoms with Crippen LogP contribution >= 0.6 is 11.3 Å². The van der Waals surface area contributed by atoms with Crippen molar-refractivity contribution in [3.05, 3.63) is 57.3 Å². The van der Waals surface area contributed by atoms with E-state index in [9.17, 15) is 13.2 Å². The van der Waals surface area contributed by atoms with E-state index in [1.54, 1.807) is 17.5 Å². The lowest BCUT2D eigenvalue weighted by Gasteiger charge is -2.09. The Morgan fingerprint density at radius 3 is 2.65 bits per heavy atom. The highest BCUT2D eigenvalue weighted by atomic mass is 32.1. The van der Waals surface area contributed by atoms with Crippen molar-refractivity contribution >= 4 is 11.3 Å². The topological polar surface area (TPSA) is 35.8 Å². The van der Waals surface area contributed by atoms with E-state index in [0.29, 0.717) is 24.2 Å². The van der Waals surface area contributed by atoms with Crippen molar-refractivity contribution in [1.29, 1.82) is 5.26 Å². The lowest BCUT2D eigenvalue weighted by Crippen LogP contribution is -2.13. The second kappa shape index (κ2) is 6.07. The Morgan fingerprint density at radius 2 is 2.00 bits per heavy atom. The molecule has 0 fully saturated rings. The summed E-state index contributed by atoms with van der Waals surface area (Å²) in [6.45, 7) is 0.881. The van der Waals surface area contributed by atoms with Crippen LogP contribution in [0.2, 0.25) is 0 Å². The highest BCUT2D eigenvalue weighted by Crippen LogP contribution is 2.29. The molecule has 20 heavy (non-hydrogen) atoms. The van der Waals surface area contributed by atoms with Crippen LogP contribution in [0.25, 0.3) is 0 Å². The fourth-order valence-corrected chi connectivity index (χ4v) is 2.50. The summed E-state index contributed by atoms with van der Waals surface area (Å²) in [4.78, 5) is 0.980. The summed E-state index contributed by atoms with van der Waals surface area (Å²) in [5.41, 5.74) is 0.544. The summed E-state index contributed by atoms with van der Waals surface area (Å²) in [6, 6.07) is 9.06. The first-order chi connectivity index (χ1) is 9.49. The van der Waals surface area contributed by atoms with Gasteiger partial charge in [0.25, 0.3) is 0 Å². The van der Waals surface area contributed by atoms with Gasteiger partial charge in [-0.05, 0) is 17.7 Å². The van der Waals surface area contributed by atoms with Crippen LogP contribution in [0.15, 0.2) is 35.7 Å². The number of rotatable bonds is 4. The second-order valence-corrected chi connectivity index (χ2v) is 5.21. The van der Waals surface area contributed by atoms with Crippen LogP contribution in [-0.2, 0) is 19.3 Å². The van der Waals surface area contributed by atoms with E-state index in [2.05, 4.69) is 5.32 Å². The van der Waals surface area contributed by atoms with Crippen molar-refractivity contribution in [2.45, 2.75) is 19.3 Å². The molecule has 0 unspecified atom stereocenters. The summed E-state index contributed by atoms with van der Waals surface area (Å²) >= 11 is 1.45. The smallest absolute Gasteiger partial charge is 0.308 e. The Morgan fingerprint density at radius 1 is 1.20 bits per heavy atom. The van der Waals surface area contributed by atoms with Crippen LogP contribution < -0.4 is 5.32 Å². The number of benzene rings is 1. The minimum Gasteiger partial charge on any atom is -0.308 e. The van der Waals surface area contributed by atoms with Crippen molar-refractivity contribution in [2.75, 3.05) is 0 Å². The van der Waals surface area contributed by atoms with Crippen molar-refractivity contribution in [2.24, 2.45) is 0 Å². The molecule has 2 nitrogen and oxygen atoms in total. The highest BCUT2D eigenvalue weighted by molar-refractivity contribution is 7.10. The van der Waals surface area contributed by atoms with Gasteiger partial charge < -0.3 is 5.32 Å². The van der Waals surface area contributed by atoms with Crippen molar-refractivity contribution in [3.8, 4) is 6.07 Å². The van der Waals surface area contributed by atoms with E-state index in [1.807, 2.05) is 6.07 Å². The Labute approximate surface area is 118 Å². The standard InChI is InChI=1S/C14H11F3N2S/c15-14(16,17)12-3-1-2-10(4-12)7-19-8-13-5-11(6-18)9-20-13/h1-5,9,19H,7-8H2. The molecule has 0 aliphatic rings. The summed E-state index contributed by atoms with van der Waals surface area (Å²) in [7, 11) is 0. The van der Waals surface area contributed by atoms with Crippen LogP contribution in [0.5, 0.6) is 0 Å². The highest BCUT2D eigenvalue weighted by Gasteiger charge is 2.30. The number of thiophene rings is 1. The molecule has 2 rings (SSSR count). The maximum Gasteiger partial charge on any atom is 0.416 e. The van der Waals surface area contributed by atoms with Gasteiger partial charge in [0, 0.05) is 23.3 Å². The van der Waals surface area contributed by atoms with Crippen LogP contribution in [-0.4, -0.2) is 0 Å². The van der Waals surface area contributed by atoms with E-state index >= 15 is 0 Å². The van der Waals surface area contributed by atoms with Crippen LogP contribution in [0, 0.1) is 11.3 Å². The van der Waals surface area contributed by atoms with Gasteiger partial charge in [-0.25, -0.2) is 0 Å². The van der Waals surface area contributed by atoms with E-state index in [-0.39, 0.29) is 0 Å². The molecule has 1 N–H and O–H groups in total. The average molecular weight is 296 g/mol. The number of alkyl halides is 3. The zero-order valence-corrected chi connectivity index (χ0v) is 11.2. The molecule has 0 aliphatic heterocycles. The number of halogens is 3. The maximum atomic E-state index is 12.5. The van der Waals surface area contributed by atoms with Gasteiger partial charge in [0.05, 0.1) is 11.1 Å². The molecule has 0 atom stereocenters. The summed E-state index contributed by atoms with van der Waals surface area (Å²) < 4.78 is 37.6. The maximum absolute atomic E-state index is 12.5. The van der Waals surface area contributed by atoms with E-state index in [0.717, 1.165) is 17.0 Å². The summed E-state index contributed by atoms with van der Waals surface area (Å²) in [6.07, 6.45) is -4.31. The van der Waals surface area contributed by atoms with Crippen LogP contribution in [0.4, 0.5) is 13.2 Å². The fraction of sp³-hybridized carbons (Fsp3) is 0.214. The van der Waals surface area contributed by atoms with Gasteiger partial charge in [-0.3, -0.25) is 0 Å². The summed E-state index contributed by atoms with van der Waals surface area (Å²) in [5, 5.41) is 13.5. The number of nitriles is 1. The lowest BCUT2D eigenvalue weighted by molar-refractivity contribution is -0.137. The van der Waals surface area contributed by atoms with Gasteiger partial charge in [-0.2, -0.15) is 18.4 Å². The molecule has 104 valence electrons. The van der Waals surface area contributed by atoms with Crippen molar-refractivity contribution in [3.63, 3.8) is 0 Å². The van der Waals surface area contributed by atoms with Crippen molar-refractivity contribution < 1.29 is 13.2 Å². The van der Waals surface area contributed by atoms with Crippen molar-refractivity contribution in [1.82, 2.24) is 5.32 Å². The molecule has 1 aromatic heterocycles. The van der Waals surface area contributed by atoms with Gasteiger partial charge in [0.1, 0.15) is 6.07 Å². The largest absolute Gasteiger partial charge is 0.416 e. The normalized spacial score (nSPS) is 11.3. The molecule has 0 radical (unpaired) electrons. The average Bonchev–Trinajstić information content (AvgIpc) is 2.86. The Kier molecular flexibility index (Phi) is 4.42. The third-order valence-electron chi connectivity index (χ3n) is 2.67. The monoisotopic (exact) mass is 296 g/mol. The van der Waals surface area contributed by atoms with E-state index in [1.165, 1.54) is 17.4 Å². The number of hydrogen-bond acceptors (Lipinski definition) is 3. The predicted octanol–water partition coefficient (Wildman–Crippen LogP) is 3.93. The minimum absolute atomic E-state index is 0.351. The Balaban J connectivity index is 1.93. The number of nitrogens with zero attached hydrogens (tertiary/aromatic N) is 1. The molecule has 1 heterocycles. The van der Waals surface area contributed by atoms with Gasteiger partial charge in [-0.1, -0.05) is 18.2 Å². The molecule has 1 aromatic carbocycles. The Bertz CT molecular complexity index is 626. The zero-order chi connectivity index (χ0) is 14.6. The minimum atomic E-state index is -4.31. The number of nitrogens with one attached hydrogen (secondary N) is 1. The third kappa shape index (κ3) is 3.83. The fourth-order valence-electron chi connectivity index (χ4n) is 1.72. The van der Waals surface area contributed by atoms with Gasteiger partial charge >= 0.3 is 6.18 Å². The lowest BCUT2D eigenvalue weighted by atomic mass is 10.1. The first-order valence-corrected chi connectivity index (χ1v) is 6.71. The quantitative estimate of drug-likeness (QED) is 0.928. The van der Waals surface area contributed by atoms with E-state index < -0.39 is 11.7 Å². The molecule has 0 amide bonds. The first kappa shape index (κ1) is 14.6. The third-order valence-corrected chi connectivity index (χ3v) is 3.60. The van der Waals surface area contributed by atoms with Gasteiger partial charge in [0.15, 0.2) is 0 Å². The second-order valence-electron chi connectivity index (χ2n) is 4.22. The van der Waals surface area contributed by atoms with Crippen LogP contribution in [0.3, 0.4) is 0 Å². The van der Waals surface area contributed by atoms with Gasteiger partial charge in [0.2, 0.25) is 0 Å². The molecular weight excluding hydrogens is 285 g/mol.